The summed E-state index contributed by atoms with van der Waals surface area (Å²) < 4.78 is 19.1. The average Bonchev–Trinajstić information content (AvgIpc) is 2.47. The van der Waals surface area contributed by atoms with Gasteiger partial charge >= 0.3 is 0 Å². The van der Waals surface area contributed by atoms with Crippen molar-refractivity contribution in [3.8, 4) is 5.75 Å². The van der Waals surface area contributed by atoms with E-state index >= 15 is 0 Å². The van der Waals surface area contributed by atoms with Crippen molar-refractivity contribution in [1.82, 2.24) is 0 Å². The van der Waals surface area contributed by atoms with Crippen molar-refractivity contribution in [3.63, 3.8) is 0 Å². The Morgan fingerprint density at radius 3 is 2.48 bits per heavy atom. The summed E-state index contributed by atoms with van der Waals surface area (Å²) in [6, 6.07) is 10.2. The van der Waals surface area contributed by atoms with Crippen LogP contribution >= 0.6 is 0 Å². The van der Waals surface area contributed by atoms with Gasteiger partial charge in [0.1, 0.15) is 18.2 Å². The lowest BCUT2D eigenvalue weighted by atomic mass is 10.0. The van der Waals surface area contributed by atoms with Gasteiger partial charge in [0.25, 0.3) is 0 Å². The van der Waals surface area contributed by atoms with Crippen LogP contribution in [0.15, 0.2) is 41.6 Å². The third kappa shape index (κ3) is 3.40. The number of oxime groups is 1. The first kappa shape index (κ1) is 15.0. The first-order valence-corrected chi connectivity index (χ1v) is 6.69. The summed E-state index contributed by atoms with van der Waals surface area (Å²) in [6.45, 7) is 6.03. The van der Waals surface area contributed by atoms with E-state index in [1.54, 1.807) is 13.0 Å². The van der Waals surface area contributed by atoms with Gasteiger partial charge in [-0.15, -0.1) is 0 Å². The van der Waals surface area contributed by atoms with E-state index in [9.17, 15) is 4.39 Å². The second kappa shape index (κ2) is 6.39. The minimum atomic E-state index is -0.396. The van der Waals surface area contributed by atoms with Crippen molar-refractivity contribution >= 4 is 5.71 Å². The zero-order valence-electron chi connectivity index (χ0n) is 12.4. The zero-order valence-corrected chi connectivity index (χ0v) is 12.4. The lowest BCUT2D eigenvalue weighted by molar-refractivity contribution is 0.301. The second-order valence-corrected chi connectivity index (χ2v) is 4.98. The summed E-state index contributed by atoms with van der Waals surface area (Å²) >= 11 is 0. The van der Waals surface area contributed by atoms with Crippen LogP contribution in [0.25, 0.3) is 0 Å². The summed E-state index contributed by atoms with van der Waals surface area (Å²) in [7, 11) is 0. The van der Waals surface area contributed by atoms with Gasteiger partial charge in [-0.05, 0) is 55.7 Å². The number of hydrogen-bond acceptors (Lipinski definition) is 3. The Bertz CT molecular complexity index is 660. The molecule has 3 nitrogen and oxygen atoms in total. The SMILES string of the molecule is C/C(=N/O)c1cc(F)ccc1OCc1c(C)cccc1C. The van der Waals surface area contributed by atoms with E-state index < -0.39 is 5.82 Å². The number of rotatable bonds is 4. The summed E-state index contributed by atoms with van der Waals surface area (Å²) in [5.41, 5.74) is 4.15. The molecule has 0 unspecified atom stereocenters. The van der Waals surface area contributed by atoms with Crippen molar-refractivity contribution < 1.29 is 14.3 Å². The van der Waals surface area contributed by atoms with Crippen LogP contribution in [-0.2, 0) is 6.61 Å². The Labute approximate surface area is 123 Å². The summed E-state index contributed by atoms with van der Waals surface area (Å²) in [4.78, 5) is 0. The first-order valence-electron chi connectivity index (χ1n) is 6.69. The lowest BCUT2D eigenvalue weighted by Crippen LogP contribution is -2.05. The average molecular weight is 287 g/mol. The van der Waals surface area contributed by atoms with Gasteiger partial charge in [0.15, 0.2) is 0 Å². The fraction of sp³-hybridized carbons (Fsp3) is 0.235. The predicted molar refractivity (Wildman–Crippen MR) is 80.6 cm³/mol. The van der Waals surface area contributed by atoms with E-state index in [2.05, 4.69) is 5.16 Å². The van der Waals surface area contributed by atoms with Crippen LogP contribution in [-0.4, -0.2) is 10.9 Å². The highest BCUT2D eigenvalue weighted by Crippen LogP contribution is 2.23. The molecule has 0 radical (unpaired) electrons. The van der Waals surface area contributed by atoms with Crippen molar-refractivity contribution in [2.24, 2.45) is 5.16 Å². The topological polar surface area (TPSA) is 41.8 Å². The van der Waals surface area contributed by atoms with Crippen molar-refractivity contribution in [1.29, 1.82) is 0 Å². The largest absolute Gasteiger partial charge is 0.488 e. The van der Waals surface area contributed by atoms with E-state index in [4.69, 9.17) is 9.94 Å². The number of ether oxygens (including phenoxy) is 1. The molecule has 2 rings (SSSR count). The zero-order chi connectivity index (χ0) is 15.4. The highest BCUT2D eigenvalue weighted by molar-refractivity contribution is 6.00. The maximum absolute atomic E-state index is 13.3. The maximum atomic E-state index is 13.3. The van der Waals surface area contributed by atoms with Crippen LogP contribution < -0.4 is 4.74 Å². The molecule has 0 aliphatic carbocycles. The fourth-order valence-corrected chi connectivity index (χ4v) is 2.19. The molecule has 0 bridgehead atoms. The van der Waals surface area contributed by atoms with Crippen LogP contribution in [0.3, 0.4) is 0 Å². The standard InChI is InChI=1S/C17H18FNO2/c1-11-5-4-6-12(2)16(11)10-21-17-8-7-14(18)9-15(17)13(3)19-20/h4-9,20H,10H2,1-3H3/b19-13-. The van der Waals surface area contributed by atoms with Gasteiger partial charge in [0.05, 0.1) is 5.71 Å². The number of halogens is 1. The molecule has 0 aliphatic rings. The van der Waals surface area contributed by atoms with E-state index in [0.717, 1.165) is 16.7 Å². The Balaban J connectivity index is 2.28. The van der Waals surface area contributed by atoms with Crippen molar-refractivity contribution in [3.05, 3.63) is 64.5 Å². The van der Waals surface area contributed by atoms with Crippen LogP contribution in [0.1, 0.15) is 29.2 Å². The highest BCUT2D eigenvalue weighted by atomic mass is 19.1. The van der Waals surface area contributed by atoms with Crippen LogP contribution in [0.2, 0.25) is 0 Å². The third-order valence-electron chi connectivity index (χ3n) is 3.50. The third-order valence-corrected chi connectivity index (χ3v) is 3.50. The molecule has 21 heavy (non-hydrogen) atoms. The molecular weight excluding hydrogens is 269 g/mol. The maximum Gasteiger partial charge on any atom is 0.129 e. The monoisotopic (exact) mass is 287 g/mol. The minimum Gasteiger partial charge on any atom is -0.488 e. The second-order valence-electron chi connectivity index (χ2n) is 4.98. The minimum absolute atomic E-state index is 0.311. The predicted octanol–water partition coefficient (Wildman–Crippen LogP) is 4.22. The molecule has 0 atom stereocenters. The molecule has 2 aromatic carbocycles. The quantitative estimate of drug-likeness (QED) is 0.519. The number of hydrogen-bond donors (Lipinski definition) is 1. The Morgan fingerprint density at radius 2 is 1.86 bits per heavy atom. The number of aryl methyl sites for hydroxylation is 2. The fourth-order valence-electron chi connectivity index (χ4n) is 2.19. The van der Waals surface area contributed by atoms with Gasteiger partial charge in [-0.3, -0.25) is 0 Å². The van der Waals surface area contributed by atoms with Gasteiger partial charge in [-0.2, -0.15) is 0 Å². The summed E-state index contributed by atoms with van der Waals surface area (Å²) in [5, 5.41) is 12.0. The van der Waals surface area contributed by atoms with E-state index in [0.29, 0.717) is 23.6 Å². The highest BCUT2D eigenvalue weighted by Gasteiger charge is 2.10. The normalized spacial score (nSPS) is 11.5. The van der Waals surface area contributed by atoms with Crippen LogP contribution in [0, 0.1) is 19.7 Å². The summed E-state index contributed by atoms with van der Waals surface area (Å²) in [5.74, 6) is 0.0989. The Kier molecular flexibility index (Phi) is 4.58. The number of nitrogens with zero attached hydrogens (tertiary/aromatic N) is 1. The molecule has 0 aliphatic heterocycles. The van der Waals surface area contributed by atoms with Crippen molar-refractivity contribution in [2.75, 3.05) is 0 Å². The molecule has 0 spiro atoms. The smallest absolute Gasteiger partial charge is 0.129 e. The number of benzene rings is 2. The van der Waals surface area contributed by atoms with E-state index in [1.807, 2.05) is 32.0 Å². The van der Waals surface area contributed by atoms with E-state index in [1.165, 1.54) is 12.1 Å². The van der Waals surface area contributed by atoms with Gasteiger partial charge in [-0.25, -0.2) is 4.39 Å². The van der Waals surface area contributed by atoms with Crippen LogP contribution in [0.4, 0.5) is 4.39 Å². The molecule has 0 heterocycles. The molecule has 1 N–H and O–H groups in total. The molecule has 2 aromatic rings. The first-order chi connectivity index (χ1) is 10.0. The Hall–Kier alpha value is -2.36. The van der Waals surface area contributed by atoms with Crippen LogP contribution in [0.5, 0.6) is 5.75 Å². The van der Waals surface area contributed by atoms with E-state index in [-0.39, 0.29) is 0 Å². The molecule has 110 valence electrons. The molecule has 0 aromatic heterocycles. The lowest BCUT2D eigenvalue weighted by Gasteiger charge is -2.14. The molecule has 4 heteroatoms. The molecule has 0 saturated carbocycles. The molecule has 0 fully saturated rings. The molecule has 0 amide bonds. The van der Waals surface area contributed by atoms with Gasteiger partial charge in [0.2, 0.25) is 0 Å². The van der Waals surface area contributed by atoms with Crippen molar-refractivity contribution in [2.45, 2.75) is 27.4 Å². The van der Waals surface area contributed by atoms with Gasteiger partial charge < -0.3 is 9.94 Å². The van der Waals surface area contributed by atoms with Gasteiger partial charge in [0, 0.05) is 5.56 Å². The van der Waals surface area contributed by atoms with Gasteiger partial charge in [-0.1, -0.05) is 23.4 Å². The summed E-state index contributed by atoms with van der Waals surface area (Å²) in [6.07, 6.45) is 0. The Morgan fingerprint density at radius 1 is 1.19 bits per heavy atom. The molecule has 0 saturated heterocycles. The molecular formula is C17H18FNO2.